The highest BCUT2D eigenvalue weighted by molar-refractivity contribution is 6.32. The fraction of sp³-hybridized carbons (Fsp3) is 0.455. The second-order valence-electron chi connectivity index (χ2n) is 3.85. The van der Waals surface area contributed by atoms with Crippen LogP contribution in [0.25, 0.3) is 0 Å². The summed E-state index contributed by atoms with van der Waals surface area (Å²) in [5, 5.41) is 3.39. The number of hydrogen-bond acceptors (Lipinski definition) is 3. The number of halogens is 2. The molecule has 16 heavy (non-hydrogen) atoms. The first-order valence-electron chi connectivity index (χ1n) is 5.23. The van der Waals surface area contributed by atoms with Crippen LogP contribution in [0.15, 0.2) is 18.2 Å². The molecule has 0 radical (unpaired) electrons. The van der Waals surface area contributed by atoms with E-state index >= 15 is 0 Å². The van der Waals surface area contributed by atoms with Crippen molar-refractivity contribution in [3.8, 4) is 5.75 Å². The van der Waals surface area contributed by atoms with Crippen molar-refractivity contribution >= 4 is 17.3 Å². The quantitative estimate of drug-likeness (QED) is 0.783. The van der Waals surface area contributed by atoms with Crippen LogP contribution in [-0.4, -0.2) is 25.4 Å². The monoisotopic (exact) mass is 244 g/mol. The highest BCUT2D eigenvalue weighted by Gasteiger charge is 2.26. The third-order valence-corrected chi connectivity index (χ3v) is 2.88. The van der Waals surface area contributed by atoms with Gasteiger partial charge in [-0.05, 0) is 31.2 Å². The van der Waals surface area contributed by atoms with Gasteiger partial charge in [0.05, 0.1) is 5.02 Å². The summed E-state index contributed by atoms with van der Waals surface area (Å²) in [5.41, 5.74) is 6.13. The second kappa shape index (κ2) is 4.89. The van der Waals surface area contributed by atoms with Crippen molar-refractivity contribution in [2.45, 2.75) is 18.7 Å². The van der Waals surface area contributed by atoms with E-state index in [1.54, 1.807) is 18.2 Å². The topological polar surface area (TPSA) is 47.3 Å². The Morgan fingerprint density at radius 2 is 2.31 bits per heavy atom. The maximum atomic E-state index is 13.5. The Balaban J connectivity index is 2.07. The zero-order valence-corrected chi connectivity index (χ0v) is 9.51. The fourth-order valence-electron chi connectivity index (χ4n) is 1.71. The molecular formula is C11H14ClFN2O. The number of piperidine rings is 1. The first-order chi connectivity index (χ1) is 7.66. The highest BCUT2D eigenvalue weighted by Crippen LogP contribution is 2.28. The van der Waals surface area contributed by atoms with Gasteiger partial charge in [0.15, 0.2) is 0 Å². The summed E-state index contributed by atoms with van der Waals surface area (Å²) < 4.78 is 19.0. The molecule has 0 bridgehead atoms. The molecule has 3 nitrogen and oxygen atoms in total. The number of nitrogens with two attached hydrogens (primary N) is 1. The van der Waals surface area contributed by atoms with E-state index < -0.39 is 12.3 Å². The van der Waals surface area contributed by atoms with Crippen molar-refractivity contribution in [3.63, 3.8) is 0 Å². The molecule has 2 unspecified atom stereocenters. The largest absolute Gasteiger partial charge is 0.486 e. The lowest BCUT2D eigenvalue weighted by molar-refractivity contribution is 0.0732. The van der Waals surface area contributed by atoms with Crippen LogP contribution < -0.4 is 15.8 Å². The van der Waals surface area contributed by atoms with Gasteiger partial charge < -0.3 is 15.8 Å². The maximum absolute atomic E-state index is 13.5. The minimum atomic E-state index is -0.998. The van der Waals surface area contributed by atoms with Crippen LogP contribution in [0.3, 0.4) is 0 Å². The zero-order valence-electron chi connectivity index (χ0n) is 8.75. The Morgan fingerprint density at radius 1 is 1.50 bits per heavy atom. The predicted octanol–water partition coefficient (Wildman–Crippen LogP) is 2.00. The molecule has 2 atom stereocenters. The molecule has 1 saturated heterocycles. The van der Waals surface area contributed by atoms with Crippen LogP contribution in [0, 0.1) is 0 Å². The number of nitrogens with one attached hydrogen (secondary N) is 1. The van der Waals surface area contributed by atoms with Gasteiger partial charge in [0.2, 0.25) is 0 Å². The van der Waals surface area contributed by atoms with Gasteiger partial charge in [0.25, 0.3) is 0 Å². The van der Waals surface area contributed by atoms with Crippen molar-refractivity contribution in [1.29, 1.82) is 0 Å². The molecule has 3 N–H and O–H groups in total. The van der Waals surface area contributed by atoms with Crippen molar-refractivity contribution in [3.05, 3.63) is 23.2 Å². The summed E-state index contributed by atoms with van der Waals surface area (Å²) in [6.45, 7) is 1.09. The Kier molecular flexibility index (Phi) is 3.51. The molecule has 1 heterocycles. The van der Waals surface area contributed by atoms with Gasteiger partial charge >= 0.3 is 0 Å². The van der Waals surface area contributed by atoms with Crippen LogP contribution in [0.1, 0.15) is 6.42 Å². The summed E-state index contributed by atoms with van der Waals surface area (Å²) >= 11 is 5.95. The van der Waals surface area contributed by atoms with E-state index in [9.17, 15) is 4.39 Å². The molecule has 2 rings (SSSR count). The van der Waals surface area contributed by atoms with Crippen LogP contribution in [-0.2, 0) is 0 Å². The van der Waals surface area contributed by atoms with E-state index in [4.69, 9.17) is 22.1 Å². The minimum Gasteiger partial charge on any atom is -0.486 e. The maximum Gasteiger partial charge on any atom is 0.149 e. The molecule has 1 aliphatic rings. The zero-order chi connectivity index (χ0) is 11.5. The molecule has 0 saturated carbocycles. The SMILES string of the molecule is Nc1ccc(OC2CCNCC2F)c(Cl)c1. The Hall–Kier alpha value is -1.00. The van der Waals surface area contributed by atoms with E-state index in [1.165, 1.54) is 0 Å². The van der Waals surface area contributed by atoms with Gasteiger partial charge in [-0.2, -0.15) is 0 Å². The van der Waals surface area contributed by atoms with Crippen molar-refractivity contribution < 1.29 is 9.13 Å². The molecule has 1 aromatic carbocycles. The van der Waals surface area contributed by atoms with E-state index in [1.807, 2.05) is 0 Å². The molecule has 0 amide bonds. The van der Waals surface area contributed by atoms with E-state index in [0.29, 0.717) is 29.4 Å². The number of rotatable bonds is 2. The Bertz CT molecular complexity index is 375. The molecule has 0 spiro atoms. The van der Waals surface area contributed by atoms with Gasteiger partial charge in [0, 0.05) is 12.2 Å². The normalized spacial score (nSPS) is 25.4. The fourth-order valence-corrected chi connectivity index (χ4v) is 1.94. The third-order valence-electron chi connectivity index (χ3n) is 2.58. The predicted molar refractivity (Wildman–Crippen MR) is 62.7 cm³/mol. The standard InChI is InChI=1S/C11H14ClFN2O/c12-8-5-7(14)1-2-10(8)16-11-3-4-15-6-9(11)13/h1-2,5,9,11,15H,3-4,6,14H2. The second-order valence-corrected chi connectivity index (χ2v) is 4.26. The van der Waals surface area contributed by atoms with Crippen LogP contribution in [0.5, 0.6) is 5.75 Å². The molecule has 1 aliphatic heterocycles. The van der Waals surface area contributed by atoms with Gasteiger partial charge in [0.1, 0.15) is 18.0 Å². The van der Waals surface area contributed by atoms with E-state index in [2.05, 4.69) is 5.32 Å². The van der Waals surface area contributed by atoms with Gasteiger partial charge in [-0.25, -0.2) is 4.39 Å². The summed E-state index contributed by atoms with van der Waals surface area (Å²) in [4.78, 5) is 0. The average Bonchev–Trinajstić information content (AvgIpc) is 2.25. The van der Waals surface area contributed by atoms with Crippen molar-refractivity contribution in [2.75, 3.05) is 18.8 Å². The highest BCUT2D eigenvalue weighted by atomic mass is 35.5. The van der Waals surface area contributed by atoms with Gasteiger partial charge in [-0.3, -0.25) is 0 Å². The van der Waals surface area contributed by atoms with Gasteiger partial charge in [-0.1, -0.05) is 11.6 Å². The average molecular weight is 245 g/mol. The molecule has 5 heteroatoms. The number of benzene rings is 1. The molecule has 1 aromatic rings. The van der Waals surface area contributed by atoms with E-state index in [-0.39, 0.29) is 0 Å². The molecule has 88 valence electrons. The van der Waals surface area contributed by atoms with Crippen LogP contribution in [0.4, 0.5) is 10.1 Å². The summed E-state index contributed by atoms with van der Waals surface area (Å²) in [6, 6.07) is 4.97. The number of nitrogen functional groups attached to an aromatic ring is 1. The van der Waals surface area contributed by atoms with Crippen LogP contribution in [0.2, 0.25) is 5.02 Å². The number of hydrogen-bond donors (Lipinski definition) is 2. The molecular weight excluding hydrogens is 231 g/mol. The third kappa shape index (κ3) is 2.57. The first kappa shape index (κ1) is 11.5. The van der Waals surface area contributed by atoms with Crippen LogP contribution >= 0.6 is 11.6 Å². The lowest BCUT2D eigenvalue weighted by Gasteiger charge is -2.27. The smallest absolute Gasteiger partial charge is 0.149 e. The molecule has 0 aliphatic carbocycles. The number of ether oxygens (including phenoxy) is 1. The minimum absolute atomic E-state index is 0.331. The number of alkyl halides is 1. The lowest BCUT2D eigenvalue weighted by atomic mass is 10.1. The van der Waals surface area contributed by atoms with Crippen molar-refractivity contribution in [2.24, 2.45) is 0 Å². The van der Waals surface area contributed by atoms with Crippen molar-refractivity contribution in [1.82, 2.24) is 5.32 Å². The Labute approximate surface area is 98.7 Å². The summed E-state index contributed by atoms with van der Waals surface area (Å²) in [7, 11) is 0. The number of anilines is 1. The van der Waals surface area contributed by atoms with E-state index in [0.717, 1.165) is 6.54 Å². The molecule has 0 aromatic heterocycles. The molecule has 1 fully saturated rings. The summed E-state index contributed by atoms with van der Waals surface area (Å²) in [6.07, 6.45) is -0.785. The van der Waals surface area contributed by atoms with Gasteiger partial charge in [-0.15, -0.1) is 0 Å². The lowest BCUT2D eigenvalue weighted by Crippen LogP contribution is -2.44. The first-order valence-corrected chi connectivity index (χ1v) is 5.61. The Morgan fingerprint density at radius 3 is 3.00 bits per heavy atom. The summed E-state index contributed by atoms with van der Waals surface area (Å²) in [5.74, 6) is 0.491.